The van der Waals surface area contributed by atoms with E-state index in [1.165, 1.54) is 11.1 Å². The largest absolute Gasteiger partial charge is 0.327 e. The molecule has 0 saturated heterocycles. The zero-order valence-electron chi connectivity index (χ0n) is 14.0. The lowest BCUT2D eigenvalue weighted by Gasteiger charge is -1.94. The van der Waals surface area contributed by atoms with Gasteiger partial charge in [-0.2, -0.15) is 0 Å². The fourth-order valence-corrected chi connectivity index (χ4v) is 0.922. The minimum absolute atomic E-state index is 0.603. The van der Waals surface area contributed by atoms with Crippen molar-refractivity contribution in [2.24, 2.45) is 5.73 Å². The fraction of sp³-hybridized carbons (Fsp3) is 0.368. The Morgan fingerprint density at radius 1 is 1.05 bits per heavy atom. The Hall–Kier alpha value is -1.60. The summed E-state index contributed by atoms with van der Waals surface area (Å²) in [7, 11) is 0. The summed E-state index contributed by atoms with van der Waals surface area (Å²) >= 11 is 0. The van der Waals surface area contributed by atoms with Crippen LogP contribution in [0.4, 0.5) is 0 Å². The van der Waals surface area contributed by atoms with Crippen molar-refractivity contribution >= 4 is 0 Å². The van der Waals surface area contributed by atoms with E-state index in [9.17, 15) is 0 Å². The van der Waals surface area contributed by atoms with Crippen LogP contribution in [0.3, 0.4) is 0 Å². The highest BCUT2D eigenvalue weighted by Gasteiger charge is 1.84. The van der Waals surface area contributed by atoms with Crippen molar-refractivity contribution in [1.29, 1.82) is 0 Å². The molecule has 114 valence electrons. The van der Waals surface area contributed by atoms with E-state index in [-0.39, 0.29) is 0 Å². The standard InChI is InChI=1S/C12H18.C5H9N.C2H6/c1-5-7-8-12(6-2)10-9-11(3)4;1-2-3-4-5-6;1-2/h5-7,9-10H,2,8H2,1,3-4H3;2-4H,1,5-6H2;1-2H3/b7-5-,12-10+;4-3+;. The van der Waals surface area contributed by atoms with Crippen molar-refractivity contribution in [2.75, 3.05) is 6.54 Å². The molecule has 0 radical (unpaired) electrons. The number of hydrogen-bond acceptors (Lipinski definition) is 1. The van der Waals surface area contributed by atoms with Gasteiger partial charge in [0, 0.05) is 6.54 Å². The maximum atomic E-state index is 5.08. The van der Waals surface area contributed by atoms with E-state index in [0.717, 1.165) is 6.42 Å². The average Bonchev–Trinajstić information content (AvgIpc) is 2.48. The number of hydrogen-bond donors (Lipinski definition) is 1. The van der Waals surface area contributed by atoms with Gasteiger partial charge in [-0.15, -0.1) is 0 Å². The molecule has 0 heterocycles. The summed E-state index contributed by atoms with van der Waals surface area (Å²) in [6.07, 6.45) is 16.7. The van der Waals surface area contributed by atoms with E-state index in [2.05, 4.69) is 51.3 Å². The molecular formula is C19H33N. The molecule has 0 amide bonds. The minimum Gasteiger partial charge on any atom is -0.327 e. The van der Waals surface area contributed by atoms with E-state index in [1.807, 2.05) is 39.0 Å². The molecule has 0 saturated carbocycles. The molecule has 1 nitrogen and oxygen atoms in total. The van der Waals surface area contributed by atoms with E-state index in [0.29, 0.717) is 6.54 Å². The second-order valence-corrected chi connectivity index (χ2v) is 3.86. The zero-order valence-corrected chi connectivity index (χ0v) is 14.0. The second kappa shape index (κ2) is 22.6. The van der Waals surface area contributed by atoms with Crippen LogP contribution < -0.4 is 5.73 Å². The maximum absolute atomic E-state index is 5.08. The summed E-state index contributed by atoms with van der Waals surface area (Å²) < 4.78 is 0. The normalized spacial score (nSPS) is 10.2. The number of nitrogens with two attached hydrogens (primary N) is 1. The van der Waals surface area contributed by atoms with Gasteiger partial charge >= 0.3 is 0 Å². The van der Waals surface area contributed by atoms with Crippen molar-refractivity contribution in [3.05, 3.63) is 72.9 Å². The van der Waals surface area contributed by atoms with Crippen molar-refractivity contribution in [1.82, 2.24) is 0 Å². The Labute approximate surface area is 127 Å². The quantitative estimate of drug-likeness (QED) is 0.485. The summed E-state index contributed by atoms with van der Waals surface area (Å²) in [5.74, 6) is 0. The van der Waals surface area contributed by atoms with E-state index < -0.39 is 0 Å². The lowest BCUT2D eigenvalue weighted by atomic mass is 10.1. The van der Waals surface area contributed by atoms with E-state index >= 15 is 0 Å². The van der Waals surface area contributed by atoms with Crippen LogP contribution in [0.15, 0.2) is 72.9 Å². The van der Waals surface area contributed by atoms with Crippen LogP contribution in [0.2, 0.25) is 0 Å². The molecule has 0 aromatic carbocycles. The number of rotatable bonds is 6. The Bertz CT molecular complexity index is 324. The molecule has 0 atom stereocenters. The molecule has 0 aromatic rings. The first-order chi connectivity index (χ1) is 9.62. The van der Waals surface area contributed by atoms with Crippen LogP contribution in [-0.2, 0) is 0 Å². The molecule has 0 unspecified atom stereocenters. The molecule has 20 heavy (non-hydrogen) atoms. The molecule has 0 aromatic heterocycles. The van der Waals surface area contributed by atoms with Gasteiger partial charge in [0.25, 0.3) is 0 Å². The lowest BCUT2D eigenvalue weighted by molar-refractivity contribution is 1.25. The lowest BCUT2D eigenvalue weighted by Crippen LogP contribution is -1.91. The third-order valence-corrected chi connectivity index (χ3v) is 1.89. The smallest absolute Gasteiger partial charge is 0.0109 e. The van der Waals surface area contributed by atoms with Crippen molar-refractivity contribution in [2.45, 2.75) is 41.0 Å². The monoisotopic (exact) mass is 275 g/mol. The molecule has 0 bridgehead atoms. The summed E-state index contributed by atoms with van der Waals surface area (Å²) in [6, 6.07) is 0. The summed E-state index contributed by atoms with van der Waals surface area (Å²) in [5, 5.41) is 0. The van der Waals surface area contributed by atoms with Crippen LogP contribution in [0.25, 0.3) is 0 Å². The Morgan fingerprint density at radius 3 is 1.95 bits per heavy atom. The van der Waals surface area contributed by atoms with Crippen molar-refractivity contribution < 1.29 is 0 Å². The van der Waals surface area contributed by atoms with Gasteiger partial charge in [-0.25, -0.2) is 0 Å². The van der Waals surface area contributed by atoms with Crippen LogP contribution in [-0.4, -0.2) is 6.54 Å². The molecule has 0 fully saturated rings. The molecule has 0 spiro atoms. The first-order valence-corrected chi connectivity index (χ1v) is 7.17. The average molecular weight is 275 g/mol. The SMILES string of the molecule is C=C/C(=C\C=C(C)C)C/C=C\C.C=C/C=C/CN.CC. The third-order valence-electron chi connectivity index (χ3n) is 1.89. The van der Waals surface area contributed by atoms with Crippen LogP contribution in [0.1, 0.15) is 41.0 Å². The van der Waals surface area contributed by atoms with Crippen molar-refractivity contribution in [3.8, 4) is 0 Å². The molecule has 1 heteroatoms. The minimum atomic E-state index is 0.603. The summed E-state index contributed by atoms with van der Waals surface area (Å²) in [5.41, 5.74) is 7.65. The Kier molecular flexibility index (Phi) is 26.5. The predicted molar refractivity (Wildman–Crippen MR) is 96.9 cm³/mol. The van der Waals surface area contributed by atoms with Gasteiger partial charge in [-0.05, 0) is 32.8 Å². The van der Waals surface area contributed by atoms with Crippen LogP contribution >= 0.6 is 0 Å². The highest BCUT2D eigenvalue weighted by Crippen LogP contribution is 2.04. The van der Waals surface area contributed by atoms with E-state index in [1.54, 1.807) is 6.08 Å². The topological polar surface area (TPSA) is 26.0 Å². The first-order valence-electron chi connectivity index (χ1n) is 7.17. The van der Waals surface area contributed by atoms with Crippen molar-refractivity contribution in [3.63, 3.8) is 0 Å². The Balaban J connectivity index is -0.000000304. The van der Waals surface area contributed by atoms with Gasteiger partial charge in [-0.3, -0.25) is 0 Å². The van der Waals surface area contributed by atoms with Gasteiger partial charge < -0.3 is 5.73 Å². The van der Waals surface area contributed by atoms with E-state index in [4.69, 9.17) is 5.73 Å². The van der Waals surface area contributed by atoms with Crippen LogP contribution in [0, 0.1) is 0 Å². The first kappa shape index (κ1) is 23.5. The van der Waals surface area contributed by atoms with Gasteiger partial charge in [0.1, 0.15) is 0 Å². The number of allylic oxidation sites excluding steroid dienone is 9. The predicted octanol–water partition coefficient (Wildman–Crippen LogP) is 5.74. The highest BCUT2D eigenvalue weighted by atomic mass is 14.5. The molecule has 2 N–H and O–H groups in total. The third kappa shape index (κ3) is 25.3. The summed E-state index contributed by atoms with van der Waals surface area (Å²) in [4.78, 5) is 0. The summed E-state index contributed by atoms with van der Waals surface area (Å²) in [6.45, 7) is 18.0. The van der Waals surface area contributed by atoms with Gasteiger partial charge in [-0.1, -0.05) is 81.2 Å². The molecule has 0 aliphatic rings. The molecular weight excluding hydrogens is 242 g/mol. The second-order valence-electron chi connectivity index (χ2n) is 3.86. The molecule has 0 aliphatic heterocycles. The van der Waals surface area contributed by atoms with Gasteiger partial charge in [0.05, 0.1) is 0 Å². The maximum Gasteiger partial charge on any atom is 0.0109 e. The van der Waals surface area contributed by atoms with Crippen LogP contribution in [0.5, 0.6) is 0 Å². The Morgan fingerprint density at radius 2 is 1.65 bits per heavy atom. The molecule has 0 rings (SSSR count). The highest BCUT2D eigenvalue weighted by molar-refractivity contribution is 5.25. The fourth-order valence-electron chi connectivity index (χ4n) is 0.922. The van der Waals surface area contributed by atoms with Gasteiger partial charge in [0.2, 0.25) is 0 Å². The molecule has 0 aliphatic carbocycles. The van der Waals surface area contributed by atoms with Gasteiger partial charge in [0.15, 0.2) is 0 Å². The zero-order chi connectivity index (χ0) is 16.2.